The Morgan fingerprint density at radius 3 is 1.89 bits per heavy atom. The number of benzene rings is 5. The Morgan fingerprint density at radius 2 is 1.34 bits per heavy atom. The number of hydrogen-bond acceptors (Lipinski definition) is 5. The molecule has 1 N–H and O–H groups in total. The average Bonchev–Trinajstić information content (AvgIpc) is 3.58. The molecule has 5 aromatic carbocycles. The standard InChI is InChI=1S/C39H33N5O2S/c40-25-30-21-22-38-31(23-30)24-35(42-47(45,46)37-19-11-4-12-20-37)26-43(38)27-36-28-44(29-41-36)39(32-13-5-1-6-14-32,33-15-7-2-8-16-33)34-17-9-3-10-18-34/h1-23,28-29,35,42H,24,26-27H2. The van der Waals surface area contributed by atoms with Gasteiger partial charge in [-0.15, -0.1) is 0 Å². The van der Waals surface area contributed by atoms with E-state index >= 15 is 0 Å². The molecule has 47 heavy (non-hydrogen) atoms. The van der Waals surface area contributed by atoms with Crippen molar-refractivity contribution in [3.63, 3.8) is 0 Å². The molecular formula is C39H33N5O2S. The molecule has 8 heteroatoms. The second kappa shape index (κ2) is 12.7. The molecule has 0 fully saturated rings. The number of nitrogens with zero attached hydrogens (tertiary/aromatic N) is 4. The minimum Gasteiger partial charge on any atom is -0.364 e. The lowest BCUT2D eigenvalue weighted by atomic mass is 9.77. The first-order valence-corrected chi connectivity index (χ1v) is 17.0. The minimum absolute atomic E-state index is 0.223. The van der Waals surface area contributed by atoms with Crippen molar-refractivity contribution in [1.82, 2.24) is 14.3 Å². The summed E-state index contributed by atoms with van der Waals surface area (Å²) >= 11 is 0. The molecular weight excluding hydrogens is 603 g/mol. The lowest BCUT2D eigenvalue weighted by Gasteiger charge is -2.37. The van der Waals surface area contributed by atoms with E-state index in [0.29, 0.717) is 25.1 Å². The van der Waals surface area contributed by atoms with E-state index in [-0.39, 0.29) is 4.90 Å². The van der Waals surface area contributed by atoms with Gasteiger partial charge < -0.3 is 9.47 Å². The largest absolute Gasteiger partial charge is 0.364 e. The van der Waals surface area contributed by atoms with E-state index in [4.69, 9.17) is 4.98 Å². The van der Waals surface area contributed by atoms with Crippen LogP contribution in [0.15, 0.2) is 157 Å². The van der Waals surface area contributed by atoms with Gasteiger partial charge in [0.25, 0.3) is 0 Å². The molecule has 1 aliphatic heterocycles. The van der Waals surface area contributed by atoms with Gasteiger partial charge in [-0.3, -0.25) is 0 Å². The molecule has 0 amide bonds. The van der Waals surface area contributed by atoms with Crippen molar-refractivity contribution < 1.29 is 8.42 Å². The topological polar surface area (TPSA) is 91.0 Å². The van der Waals surface area contributed by atoms with Gasteiger partial charge in [0.1, 0.15) is 5.54 Å². The third kappa shape index (κ3) is 5.83. The fraction of sp³-hybridized carbons (Fsp3) is 0.128. The van der Waals surface area contributed by atoms with Gasteiger partial charge in [-0.1, -0.05) is 109 Å². The van der Waals surface area contributed by atoms with E-state index in [2.05, 4.69) is 99.3 Å². The quantitative estimate of drug-likeness (QED) is 0.183. The normalized spacial score (nSPS) is 14.7. The molecule has 1 unspecified atom stereocenters. The highest BCUT2D eigenvalue weighted by Gasteiger charge is 2.38. The van der Waals surface area contributed by atoms with Gasteiger partial charge in [-0.05, 0) is 59.0 Å². The summed E-state index contributed by atoms with van der Waals surface area (Å²) in [6.07, 6.45) is 4.45. The summed E-state index contributed by atoms with van der Waals surface area (Å²) in [5.74, 6) is 0. The monoisotopic (exact) mass is 635 g/mol. The number of nitriles is 1. The SMILES string of the molecule is N#Cc1ccc2c(c1)CC(NS(=O)(=O)c1ccccc1)CN2Cc1cn(C(c2ccccc2)(c2ccccc2)c2ccccc2)cn1. The number of rotatable bonds is 9. The highest BCUT2D eigenvalue weighted by atomic mass is 32.2. The number of imidazole rings is 1. The molecule has 1 aliphatic rings. The van der Waals surface area contributed by atoms with Gasteiger partial charge in [0.2, 0.25) is 10.0 Å². The van der Waals surface area contributed by atoms with E-state index in [1.807, 2.05) is 42.7 Å². The highest BCUT2D eigenvalue weighted by Crippen LogP contribution is 2.41. The van der Waals surface area contributed by atoms with Crippen molar-refractivity contribution in [1.29, 1.82) is 5.26 Å². The zero-order chi connectivity index (χ0) is 32.3. The molecule has 0 saturated carbocycles. The second-order valence-electron chi connectivity index (χ2n) is 11.8. The van der Waals surface area contributed by atoms with Gasteiger partial charge in [0, 0.05) is 24.5 Å². The van der Waals surface area contributed by atoms with Crippen LogP contribution in [0.5, 0.6) is 0 Å². The molecule has 1 atom stereocenters. The predicted molar refractivity (Wildman–Crippen MR) is 183 cm³/mol. The van der Waals surface area contributed by atoms with Crippen LogP contribution in [0.3, 0.4) is 0 Å². The fourth-order valence-corrected chi connectivity index (χ4v) is 7.99. The zero-order valence-electron chi connectivity index (χ0n) is 25.6. The lowest BCUT2D eigenvalue weighted by molar-refractivity contribution is 0.512. The van der Waals surface area contributed by atoms with Gasteiger partial charge in [0.15, 0.2) is 0 Å². The van der Waals surface area contributed by atoms with Crippen LogP contribution in [0.4, 0.5) is 5.69 Å². The molecule has 7 rings (SSSR count). The van der Waals surface area contributed by atoms with E-state index in [0.717, 1.165) is 33.6 Å². The number of anilines is 1. The Hall–Kier alpha value is -5.49. The van der Waals surface area contributed by atoms with Crippen molar-refractivity contribution in [2.24, 2.45) is 0 Å². The van der Waals surface area contributed by atoms with Crippen molar-refractivity contribution in [2.45, 2.75) is 29.4 Å². The van der Waals surface area contributed by atoms with Gasteiger partial charge >= 0.3 is 0 Å². The molecule has 7 nitrogen and oxygen atoms in total. The Balaban J connectivity index is 1.28. The smallest absolute Gasteiger partial charge is 0.240 e. The zero-order valence-corrected chi connectivity index (χ0v) is 26.5. The van der Waals surface area contributed by atoms with E-state index in [1.165, 1.54) is 0 Å². The number of sulfonamides is 1. The Kier molecular flexibility index (Phi) is 8.17. The fourth-order valence-electron chi connectivity index (χ4n) is 6.75. The second-order valence-corrected chi connectivity index (χ2v) is 13.5. The summed E-state index contributed by atoms with van der Waals surface area (Å²) in [5.41, 5.74) is 5.87. The Bertz CT molecular complexity index is 2030. The van der Waals surface area contributed by atoms with Crippen LogP contribution in [0, 0.1) is 11.3 Å². The van der Waals surface area contributed by atoms with Gasteiger partial charge in [0.05, 0.1) is 35.1 Å². The van der Waals surface area contributed by atoms with Crippen molar-refractivity contribution in [2.75, 3.05) is 11.4 Å². The molecule has 0 radical (unpaired) electrons. The number of nitrogens with one attached hydrogen (secondary N) is 1. The van der Waals surface area contributed by atoms with E-state index in [1.54, 1.807) is 30.3 Å². The van der Waals surface area contributed by atoms with Crippen LogP contribution in [0.25, 0.3) is 0 Å². The maximum atomic E-state index is 13.3. The van der Waals surface area contributed by atoms with Crippen LogP contribution in [-0.2, 0) is 28.5 Å². The first-order chi connectivity index (χ1) is 23.0. The third-order valence-electron chi connectivity index (χ3n) is 8.78. The minimum atomic E-state index is -3.74. The summed E-state index contributed by atoms with van der Waals surface area (Å²) in [7, 11) is -3.74. The predicted octanol–water partition coefficient (Wildman–Crippen LogP) is 6.50. The maximum absolute atomic E-state index is 13.3. The molecule has 0 spiro atoms. The highest BCUT2D eigenvalue weighted by molar-refractivity contribution is 7.89. The van der Waals surface area contributed by atoms with Crippen molar-refractivity contribution in [3.05, 3.63) is 186 Å². The van der Waals surface area contributed by atoms with Gasteiger partial charge in [-0.25, -0.2) is 18.1 Å². The molecule has 1 aromatic heterocycles. The van der Waals surface area contributed by atoms with Crippen LogP contribution in [-0.4, -0.2) is 30.6 Å². The summed E-state index contributed by atoms with van der Waals surface area (Å²) in [5, 5.41) is 9.61. The number of aromatic nitrogens is 2. The van der Waals surface area contributed by atoms with Crippen LogP contribution in [0.1, 0.15) is 33.5 Å². The Labute approximate surface area is 275 Å². The summed E-state index contributed by atoms with van der Waals surface area (Å²) in [6, 6.07) is 47.2. The summed E-state index contributed by atoms with van der Waals surface area (Å²) in [4.78, 5) is 7.31. The van der Waals surface area contributed by atoms with Crippen molar-refractivity contribution in [3.8, 4) is 6.07 Å². The van der Waals surface area contributed by atoms with Crippen LogP contribution >= 0.6 is 0 Å². The average molecular weight is 636 g/mol. The molecule has 6 aromatic rings. The molecule has 0 aliphatic carbocycles. The van der Waals surface area contributed by atoms with Crippen LogP contribution in [0.2, 0.25) is 0 Å². The summed E-state index contributed by atoms with van der Waals surface area (Å²) < 4.78 is 31.7. The lowest BCUT2D eigenvalue weighted by Crippen LogP contribution is -2.48. The molecule has 0 bridgehead atoms. The first kappa shape index (κ1) is 30.2. The third-order valence-corrected chi connectivity index (χ3v) is 10.3. The van der Waals surface area contributed by atoms with Gasteiger partial charge in [-0.2, -0.15) is 5.26 Å². The molecule has 0 saturated heterocycles. The van der Waals surface area contributed by atoms with Crippen molar-refractivity contribution >= 4 is 15.7 Å². The number of fused-ring (bicyclic) bond motifs is 1. The van der Waals surface area contributed by atoms with Crippen LogP contribution < -0.4 is 9.62 Å². The Morgan fingerprint density at radius 1 is 0.787 bits per heavy atom. The van der Waals surface area contributed by atoms with E-state index in [9.17, 15) is 13.7 Å². The van der Waals surface area contributed by atoms with E-state index < -0.39 is 21.6 Å². The molecule has 2 heterocycles. The summed E-state index contributed by atoms with van der Waals surface area (Å²) in [6.45, 7) is 0.892. The number of hydrogen-bond donors (Lipinski definition) is 1. The first-order valence-electron chi connectivity index (χ1n) is 15.5. The molecule has 232 valence electrons. The maximum Gasteiger partial charge on any atom is 0.240 e.